The molecule has 1 aromatic rings. The van der Waals surface area contributed by atoms with Gasteiger partial charge in [0.25, 0.3) is 5.91 Å². The maximum absolute atomic E-state index is 12.3. The molecule has 0 bridgehead atoms. The number of ether oxygens (including phenoxy) is 1. The van der Waals surface area contributed by atoms with Crippen LogP contribution in [0.4, 0.5) is 4.79 Å². The number of benzene rings is 1. The van der Waals surface area contributed by atoms with Crippen molar-refractivity contribution in [2.45, 2.75) is 45.8 Å². The summed E-state index contributed by atoms with van der Waals surface area (Å²) >= 11 is 0. The Bertz CT molecular complexity index is 709. The van der Waals surface area contributed by atoms with E-state index in [4.69, 9.17) is 4.74 Å². The molecule has 0 saturated carbocycles. The van der Waals surface area contributed by atoms with E-state index >= 15 is 0 Å². The molecule has 0 spiro atoms. The summed E-state index contributed by atoms with van der Waals surface area (Å²) < 4.78 is 5.09. The number of ketones is 1. The number of hydrogen-bond acceptors (Lipinski definition) is 5. The number of carbonyl (C=O) groups excluding carboxylic acids is 4. The Hall–Kier alpha value is -2.70. The Balaban J connectivity index is 1.96. The molecule has 134 valence electrons. The number of esters is 1. The quantitative estimate of drug-likeness (QED) is 0.481. The molecular weight excluding hydrogens is 324 g/mol. The molecule has 0 radical (unpaired) electrons. The van der Waals surface area contributed by atoms with Crippen LogP contribution in [-0.2, 0) is 20.7 Å². The number of urea groups is 1. The van der Waals surface area contributed by atoms with E-state index < -0.39 is 36.1 Å². The maximum Gasteiger partial charge on any atom is 0.326 e. The number of nitrogens with zero attached hydrogens (tertiary/aromatic N) is 1. The van der Waals surface area contributed by atoms with Crippen LogP contribution in [0.3, 0.4) is 0 Å². The Kier molecular flexibility index (Phi) is 5.25. The zero-order chi connectivity index (χ0) is 18.8. The van der Waals surface area contributed by atoms with E-state index in [9.17, 15) is 19.2 Å². The molecule has 1 fully saturated rings. The van der Waals surface area contributed by atoms with Gasteiger partial charge in [-0.3, -0.25) is 19.3 Å². The summed E-state index contributed by atoms with van der Waals surface area (Å²) in [6, 6.07) is 6.41. The van der Waals surface area contributed by atoms with Gasteiger partial charge in [0.15, 0.2) is 6.10 Å². The Morgan fingerprint density at radius 1 is 1.20 bits per heavy atom. The second-order valence-electron chi connectivity index (χ2n) is 6.49. The molecule has 1 aromatic carbocycles. The van der Waals surface area contributed by atoms with Crippen LogP contribution < -0.4 is 5.32 Å². The number of Topliss-reactive ketones (excluding diaryl/α,β-unsaturated/α-hetero) is 1. The third-order valence-corrected chi connectivity index (χ3v) is 4.06. The average molecular weight is 346 g/mol. The molecule has 1 atom stereocenters. The fourth-order valence-electron chi connectivity index (χ4n) is 2.52. The predicted molar refractivity (Wildman–Crippen MR) is 90.0 cm³/mol. The molecule has 1 aliphatic rings. The molecule has 0 unspecified atom stereocenters. The highest BCUT2D eigenvalue weighted by molar-refractivity contribution is 6.08. The molecule has 0 aromatic heterocycles. The van der Waals surface area contributed by atoms with Crippen LogP contribution >= 0.6 is 0 Å². The van der Waals surface area contributed by atoms with Crippen molar-refractivity contribution in [1.82, 2.24) is 10.2 Å². The predicted octanol–water partition coefficient (Wildman–Crippen LogP) is 1.69. The highest BCUT2D eigenvalue weighted by Gasteiger charge is 2.45. The summed E-state index contributed by atoms with van der Waals surface area (Å²) in [5.74, 6) is -1.66. The maximum atomic E-state index is 12.3. The zero-order valence-electron chi connectivity index (χ0n) is 14.8. The molecule has 25 heavy (non-hydrogen) atoms. The fraction of sp³-hybridized carbons (Fsp3) is 0.444. The monoisotopic (exact) mass is 346 g/mol. The van der Waals surface area contributed by atoms with Crippen LogP contribution in [0, 0.1) is 0 Å². The molecular formula is C18H22N2O5. The van der Waals surface area contributed by atoms with Gasteiger partial charge in [-0.25, -0.2) is 4.79 Å². The van der Waals surface area contributed by atoms with E-state index in [1.807, 2.05) is 19.1 Å². The standard InChI is InChI=1S/C18H22N2O5/c1-5-12-6-8-13(9-7-12)15(22)11(2)25-14(21)10-20-16(23)18(3,4)19-17(20)24/h6-9,11H,5,10H2,1-4H3,(H,19,24)/t11-/m0/s1. The number of carbonyl (C=O) groups is 4. The summed E-state index contributed by atoms with van der Waals surface area (Å²) in [7, 11) is 0. The minimum atomic E-state index is -1.06. The van der Waals surface area contributed by atoms with Gasteiger partial charge >= 0.3 is 12.0 Å². The van der Waals surface area contributed by atoms with Crippen molar-refractivity contribution in [1.29, 1.82) is 0 Å². The Morgan fingerprint density at radius 2 is 1.80 bits per heavy atom. The van der Waals surface area contributed by atoms with Gasteiger partial charge in [-0.2, -0.15) is 0 Å². The highest BCUT2D eigenvalue weighted by Crippen LogP contribution is 2.16. The van der Waals surface area contributed by atoms with Gasteiger partial charge in [0.05, 0.1) is 0 Å². The van der Waals surface area contributed by atoms with Crippen molar-refractivity contribution in [2.75, 3.05) is 6.54 Å². The molecule has 7 heteroatoms. The molecule has 1 N–H and O–H groups in total. The summed E-state index contributed by atoms with van der Waals surface area (Å²) in [6.45, 7) is 6.04. The van der Waals surface area contributed by atoms with Gasteiger partial charge in [0.1, 0.15) is 12.1 Å². The van der Waals surface area contributed by atoms with Crippen LogP contribution in [0.5, 0.6) is 0 Å². The van der Waals surface area contributed by atoms with Gasteiger partial charge in [-0.15, -0.1) is 0 Å². The molecule has 1 aliphatic heterocycles. The van der Waals surface area contributed by atoms with Crippen LogP contribution in [0.1, 0.15) is 43.6 Å². The lowest BCUT2D eigenvalue weighted by atomic mass is 10.0. The first-order chi connectivity index (χ1) is 11.7. The van der Waals surface area contributed by atoms with E-state index in [1.54, 1.807) is 26.0 Å². The summed E-state index contributed by atoms with van der Waals surface area (Å²) in [5, 5.41) is 2.47. The van der Waals surface area contributed by atoms with Crippen molar-refractivity contribution >= 4 is 23.7 Å². The normalized spacial score (nSPS) is 17.2. The van der Waals surface area contributed by atoms with E-state index in [-0.39, 0.29) is 5.78 Å². The number of hydrogen-bond donors (Lipinski definition) is 1. The van der Waals surface area contributed by atoms with Crippen molar-refractivity contribution in [3.05, 3.63) is 35.4 Å². The summed E-state index contributed by atoms with van der Waals surface area (Å²) in [5.41, 5.74) is 0.482. The number of amides is 3. The van der Waals surface area contributed by atoms with Gasteiger partial charge in [-0.05, 0) is 32.8 Å². The minimum Gasteiger partial charge on any atom is -0.453 e. The second-order valence-corrected chi connectivity index (χ2v) is 6.49. The summed E-state index contributed by atoms with van der Waals surface area (Å²) in [6.07, 6.45) is -0.143. The number of imide groups is 1. The largest absolute Gasteiger partial charge is 0.453 e. The van der Waals surface area contributed by atoms with Gasteiger partial charge < -0.3 is 10.1 Å². The van der Waals surface area contributed by atoms with Crippen molar-refractivity contribution in [3.63, 3.8) is 0 Å². The first-order valence-corrected chi connectivity index (χ1v) is 8.12. The van der Waals surface area contributed by atoms with Gasteiger partial charge in [0, 0.05) is 5.56 Å². The third-order valence-electron chi connectivity index (χ3n) is 4.06. The molecule has 1 heterocycles. The van der Waals surface area contributed by atoms with Crippen LogP contribution in [-0.4, -0.2) is 46.8 Å². The topological polar surface area (TPSA) is 92.8 Å². The van der Waals surface area contributed by atoms with Gasteiger partial charge in [-0.1, -0.05) is 31.2 Å². The fourth-order valence-corrected chi connectivity index (χ4v) is 2.52. The van der Waals surface area contributed by atoms with Crippen LogP contribution in [0.2, 0.25) is 0 Å². The lowest BCUT2D eigenvalue weighted by molar-refractivity contribution is -0.149. The molecule has 7 nitrogen and oxygen atoms in total. The minimum absolute atomic E-state index is 0.339. The number of aryl methyl sites for hydroxylation is 1. The van der Waals surface area contributed by atoms with Crippen LogP contribution in [0.15, 0.2) is 24.3 Å². The van der Waals surface area contributed by atoms with E-state index in [1.165, 1.54) is 6.92 Å². The Morgan fingerprint density at radius 3 is 2.28 bits per heavy atom. The summed E-state index contributed by atoms with van der Waals surface area (Å²) in [4.78, 5) is 48.9. The third kappa shape index (κ3) is 4.04. The second kappa shape index (κ2) is 7.04. The Labute approximate surface area is 146 Å². The highest BCUT2D eigenvalue weighted by atomic mass is 16.5. The molecule has 2 rings (SSSR count). The zero-order valence-corrected chi connectivity index (χ0v) is 14.8. The van der Waals surface area contributed by atoms with Crippen molar-refractivity contribution < 1.29 is 23.9 Å². The average Bonchev–Trinajstić information content (AvgIpc) is 2.76. The van der Waals surface area contributed by atoms with Crippen molar-refractivity contribution in [3.8, 4) is 0 Å². The molecule has 3 amide bonds. The molecule has 1 saturated heterocycles. The molecule has 0 aliphatic carbocycles. The lowest BCUT2D eigenvalue weighted by Gasteiger charge is -2.17. The van der Waals surface area contributed by atoms with E-state index in [0.29, 0.717) is 5.56 Å². The van der Waals surface area contributed by atoms with Crippen LogP contribution in [0.25, 0.3) is 0 Å². The van der Waals surface area contributed by atoms with E-state index in [0.717, 1.165) is 16.9 Å². The number of nitrogens with one attached hydrogen (secondary N) is 1. The number of rotatable bonds is 6. The first kappa shape index (κ1) is 18.6. The van der Waals surface area contributed by atoms with Gasteiger partial charge in [0.2, 0.25) is 5.78 Å². The SMILES string of the molecule is CCc1ccc(C(=O)[C@H](C)OC(=O)CN2C(=O)NC(C)(C)C2=O)cc1. The van der Waals surface area contributed by atoms with Crippen molar-refractivity contribution in [2.24, 2.45) is 0 Å². The smallest absolute Gasteiger partial charge is 0.326 e. The first-order valence-electron chi connectivity index (χ1n) is 8.12. The lowest BCUT2D eigenvalue weighted by Crippen LogP contribution is -2.41. The van der Waals surface area contributed by atoms with E-state index in [2.05, 4.69) is 5.32 Å².